The predicted octanol–water partition coefficient (Wildman–Crippen LogP) is 1.32. The zero-order valence-corrected chi connectivity index (χ0v) is 13.8. The molecule has 1 aromatic rings. The van der Waals surface area contributed by atoms with Crippen molar-refractivity contribution in [3.63, 3.8) is 0 Å². The van der Waals surface area contributed by atoms with Gasteiger partial charge in [0.25, 0.3) is 0 Å². The van der Waals surface area contributed by atoms with E-state index in [0.29, 0.717) is 5.75 Å². The molecule has 1 atom stereocenters. The van der Waals surface area contributed by atoms with Crippen LogP contribution in [0.4, 0.5) is 4.39 Å². The first-order valence-corrected chi connectivity index (χ1v) is 10.7. The minimum absolute atomic E-state index is 0.0607. The summed E-state index contributed by atoms with van der Waals surface area (Å²) in [6.07, 6.45) is 0. The van der Waals surface area contributed by atoms with Crippen LogP contribution < -0.4 is 0 Å². The van der Waals surface area contributed by atoms with E-state index in [-0.39, 0.29) is 18.1 Å². The second-order valence-electron chi connectivity index (χ2n) is 4.53. The highest BCUT2D eigenvalue weighted by Gasteiger charge is 2.41. The summed E-state index contributed by atoms with van der Waals surface area (Å²) in [6.45, 7) is 1.54. The summed E-state index contributed by atoms with van der Waals surface area (Å²) < 4.78 is 64.1. The number of thioether (sulfide) groups is 1. The maximum absolute atomic E-state index is 13.8. The molecule has 0 aromatic heterocycles. The second kappa shape index (κ2) is 6.23. The topological polar surface area (TPSA) is 71.5 Å². The van der Waals surface area contributed by atoms with E-state index >= 15 is 0 Å². The molecule has 1 aliphatic rings. The SMILES string of the molecule is CCS(=O)(=O)C1CSCCN1S(=O)(=O)c1ccccc1F. The molecule has 1 saturated heterocycles. The third-order valence-electron chi connectivity index (χ3n) is 3.28. The van der Waals surface area contributed by atoms with Gasteiger partial charge in [0, 0.05) is 23.8 Å². The summed E-state index contributed by atoms with van der Waals surface area (Å²) in [5, 5.41) is -1.13. The van der Waals surface area contributed by atoms with Crippen molar-refractivity contribution in [2.24, 2.45) is 0 Å². The zero-order chi connectivity index (χ0) is 15.7. The van der Waals surface area contributed by atoms with Gasteiger partial charge in [-0.1, -0.05) is 19.1 Å². The maximum Gasteiger partial charge on any atom is 0.247 e. The van der Waals surface area contributed by atoms with Gasteiger partial charge in [0.15, 0.2) is 9.84 Å². The molecule has 0 amide bonds. The molecule has 1 unspecified atom stereocenters. The lowest BCUT2D eigenvalue weighted by Crippen LogP contribution is -2.50. The number of benzene rings is 1. The summed E-state index contributed by atoms with van der Waals surface area (Å²) in [5.74, 6) is -0.363. The van der Waals surface area contributed by atoms with Crippen molar-refractivity contribution < 1.29 is 21.2 Å². The standard InChI is InChI=1S/C12H16FNO4S3/c1-2-20(15,16)12-9-19-8-7-14(12)21(17,18)11-6-4-3-5-10(11)13/h3-6,12H,2,7-9H2,1H3. The van der Waals surface area contributed by atoms with Gasteiger partial charge in [-0.15, -0.1) is 0 Å². The number of hydrogen-bond acceptors (Lipinski definition) is 5. The lowest BCUT2D eigenvalue weighted by atomic mass is 10.4. The molecule has 1 aromatic carbocycles. The fourth-order valence-electron chi connectivity index (χ4n) is 2.10. The number of sulfonamides is 1. The van der Waals surface area contributed by atoms with Gasteiger partial charge in [0.1, 0.15) is 16.1 Å². The Bertz CT molecular complexity index is 718. The molecule has 0 N–H and O–H groups in total. The Morgan fingerprint density at radius 3 is 2.57 bits per heavy atom. The van der Waals surface area contributed by atoms with E-state index in [1.54, 1.807) is 0 Å². The summed E-state index contributed by atoms with van der Waals surface area (Å²) in [7, 11) is -7.74. The molecule has 0 spiro atoms. The Hall–Kier alpha value is -0.640. The molecule has 1 fully saturated rings. The average Bonchev–Trinajstić information content (AvgIpc) is 2.47. The number of hydrogen-bond donors (Lipinski definition) is 0. The van der Waals surface area contributed by atoms with Crippen molar-refractivity contribution >= 4 is 31.6 Å². The van der Waals surface area contributed by atoms with Gasteiger partial charge in [0.2, 0.25) is 10.0 Å². The molecule has 5 nitrogen and oxygen atoms in total. The molecule has 0 aliphatic carbocycles. The quantitative estimate of drug-likeness (QED) is 0.816. The normalized spacial score (nSPS) is 21.3. The predicted molar refractivity (Wildman–Crippen MR) is 80.9 cm³/mol. The summed E-state index contributed by atoms with van der Waals surface area (Å²) in [6, 6.07) is 5.01. The number of halogens is 1. The molecule has 9 heteroatoms. The first-order chi connectivity index (χ1) is 9.80. The average molecular weight is 353 g/mol. The van der Waals surface area contributed by atoms with E-state index in [0.717, 1.165) is 16.4 Å². The summed E-state index contributed by atoms with van der Waals surface area (Å²) in [5.41, 5.74) is 0. The minimum Gasteiger partial charge on any atom is -0.227 e. The van der Waals surface area contributed by atoms with E-state index in [1.165, 1.54) is 30.8 Å². The van der Waals surface area contributed by atoms with E-state index in [2.05, 4.69) is 0 Å². The molecule has 2 rings (SSSR count). The first kappa shape index (κ1) is 16.7. The number of rotatable bonds is 4. The molecular formula is C12H16FNO4S3. The van der Waals surface area contributed by atoms with Crippen LogP contribution in [0.3, 0.4) is 0 Å². The van der Waals surface area contributed by atoms with Gasteiger partial charge in [-0.05, 0) is 12.1 Å². The molecule has 1 aliphatic heterocycles. The van der Waals surface area contributed by atoms with Crippen LogP contribution in [0.1, 0.15) is 6.92 Å². The molecule has 0 bridgehead atoms. The van der Waals surface area contributed by atoms with Gasteiger partial charge in [0.05, 0.1) is 0 Å². The van der Waals surface area contributed by atoms with Crippen LogP contribution in [-0.2, 0) is 19.9 Å². The van der Waals surface area contributed by atoms with Crippen LogP contribution in [0, 0.1) is 5.82 Å². The van der Waals surface area contributed by atoms with E-state index in [9.17, 15) is 21.2 Å². The fraction of sp³-hybridized carbons (Fsp3) is 0.500. The van der Waals surface area contributed by atoms with Crippen LogP contribution in [-0.4, -0.2) is 50.3 Å². The highest BCUT2D eigenvalue weighted by atomic mass is 32.2. The third-order valence-corrected chi connectivity index (χ3v) is 8.64. The van der Waals surface area contributed by atoms with Crippen LogP contribution in [0.2, 0.25) is 0 Å². The molecular weight excluding hydrogens is 337 g/mol. The van der Waals surface area contributed by atoms with Crippen LogP contribution in [0.5, 0.6) is 0 Å². The van der Waals surface area contributed by atoms with Gasteiger partial charge >= 0.3 is 0 Å². The lowest BCUT2D eigenvalue weighted by Gasteiger charge is -2.33. The second-order valence-corrected chi connectivity index (χ2v) is 9.98. The maximum atomic E-state index is 13.8. The molecule has 1 heterocycles. The van der Waals surface area contributed by atoms with E-state index in [4.69, 9.17) is 0 Å². The van der Waals surface area contributed by atoms with Crippen molar-refractivity contribution in [3.05, 3.63) is 30.1 Å². The zero-order valence-electron chi connectivity index (χ0n) is 11.4. The number of nitrogens with zero attached hydrogens (tertiary/aromatic N) is 1. The monoisotopic (exact) mass is 353 g/mol. The van der Waals surface area contributed by atoms with Crippen molar-refractivity contribution in [3.8, 4) is 0 Å². The Labute approximate surface area is 128 Å². The summed E-state index contributed by atoms with van der Waals surface area (Å²) >= 11 is 1.39. The highest BCUT2D eigenvalue weighted by Crippen LogP contribution is 2.28. The fourth-order valence-corrected chi connectivity index (χ4v) is 7.41. The van der Waals surface area contributed by atoms with Gasteiger partial charge in [-0.3, -0.25) is 0 Å². The largest absolute Gasteiger partial charge is 0.247 e. The highest BCUT2D eigenvalue weighted by molar-refractivity contribution is 8.01. The van der Waals surface area contributed by atoms with Crippen LogP contribution in [0.15, 0.2) is 29.2 Å². The lowest BCUT2D eigenvalue weighted by molar-refractivity contribution is 0.400. The molecule has 0 radical (unpaired) electrons. The minimum atomic E-state index is -4.17. The third kappa shape index (κ3) is 3.25. The Morgan fingerprint density at radius 1 is 1.29 bits per heavy atom. The van der Waals surface area contributed by atoms with Gasteiger partial charge in [-0.25, -0.2) is 21.2 Å². The first-order valence-electron chi connectivity index (χ1n) is 6.36. The molecule has 118 valence electrons. The number of sulfone groups is 1. The Morgan fingerprint density at radius 2 is 1.95 bits per heavy atom. The smallest absolute Gasteiger partial charge is 0.227 e. The van der Waals surface area contributed by atoms with Crippen molar-refractivity contribution in [1.29, 1.82) is 0 Å². The Kier molecular flexibility index (Phi) is 4.96. The molecule has 21 heavy (non-hydrogen) atoms. The van der Waals surface area contributed by atoms with Crippen molar-refractivity contribution in [2.45, 2.75) is 17.2 Å². The van der Waals surface area contributed by atoms with Gasteiger partial charge in [-0.2, -0.15) is 16.1 Å². The van der Waals surface area contributed by atoms with E-state index in [1.807, 2.05) is 0 Å². The Balaban J connectivity index is 2.49. The van der Waals surface area contributed by atoms with Crippen LogP contribution >= 0.6 is 11.8 Å². The van der Waals surface area contributed by atoms with Crippen molar-refractivity contribution in [1.82, 2.24) is 4.31 Å². The van der Waals surface area contributed by atoms with Gasteiger partial charge < -0.3 is 0 Å². The van der Waals surface area contributed by atoms with Crippen LogP contribution in [0.25, 0.3) is 0 Å². The van der Waals surface area contributed by atoms with E-state index < -0.39 is 35.9 Å². The summed E-state index contributed by atoms with van der Waals surface area (Å²) in [4.78, 5) is -0.479. The molecule has 0 saturated carbocycles. The van der Waals surface area contributed by atoms with Crippen molar-refractivity contribution in [2.75, 3.05) is 23.8 Å².